The highest BCUT2D eigenvalue weighted by atomic mass is 79.9. The summed E-state index contributed by atoms with van der Waals surface area (Å²) in [5, 5.41) is 2.98. The quantitative estimate of drug-likeness (QED) is 0.710. The number of amides is 2. The molecule has 0 spiro atoms. The Kier molecular flexibility index (Phi) is 5.17. The van der Waals surface area contributed by atoms with Crippen molar-refractivity contribution < 1.29 is 14.3 Å². The number of carbonyl (C=O) groups is 2. The number of fused-ring (bicyclic) bond motifs is 1. The Labute approximate surface area is 186 Å². The van der Waals surface area contributed by atoms with E-state index >= 15 is 0 Å². The van der Waals surface area contributed by atoms with Crippen molar-refractivity contribution in [3.8, 4) is 0 Å². The predicted octanol–water partition coefficient (Wildman–Crippen LogP) is 3.89. The fourth-order valence-electron chi connectivity index (χ4n) is 5.05. The Morgan fingerprint density at radius 3 is 2.47 bits per heavy atom. The Morgan fingerprint density at radius 1 is 1.27 bits per heavy atom. The molecule has 7 nitrogen and oxygen atoms in total. The second kappa shape index (κ2) is 7.19. The van der Waals surface area contributed by atoms with Gasteiger partial charge in [0.15, 0.2) is 0 Å². The van der Waals surface area contributed by atoms with Gasteiger partial charge in [-0.05, 0) is 65.0 Å². The maximum absolute atomic E-state index is 12.8. The summed E-state index contributed by atoms with van der Waals surface area (Å²) in [7, 11) is 0. The van der Waals surface area contributed by atoms with E-state index in [1.165, 1.54) is 0 Å². The number of piperazine rings is 1. The van der Waals surface area contributed by atoms with E-state index in [0.29, 0.717) is 5.82 Å². The number of nitrogens with zero attached hydrogens (tertiary/aromatic N) is 3. The smallest absolute Gasteiger partial charge is 0.410 e. The van der Waals surface area contributed by atoms with Crippen LogP contribution < -0.4 is 5.32 Å². The molecule has 0 aromatic carbocycles. The molecule has 4 rings (SSSR count). The first-order valence-corrected chi connectivity index (χ1v) is 11.4. The Morgan fingerprint density at radius 2 is 1.90 bits per heavy atom. The molecule has 1 aromatic rings. The van der Waals surface area contributed by atoms with Crippen LogP contribution in [0.4, 0.5) is 10.6 Å². The van der Waals surface area contributed by atoms with Crippen LogP contribution in [0, 0.1) is 10.8 Å². The average Bonchev–Trinajstić information content (AvgIpc) is 3.39. The lowest BCUT2D eigenvalue weighted by Gasteiger charge is -2.44. The zero-order valence-corrected chi connectivity index (χ0v) is 20.0. The van der Waals surface area contributed by atoms with Gasteiger partial charge in [-0.15, -0.1) is 0 Å². The lowest BCUT2D eigenvalue weighted by Crippen LogP contribution is -2.59. The van der Waals surface area contributed by atoms with Crippen LogP contribution in [0.3, 0.4) is 0 Å². The van der Waals surface area contributed by atoms with Gasteiger partial charge < -0.3 is 15.0 Å². The molecule has 1 N–H and O–H groups in total. The number of nitrogens with one attached hydrogen (secondary N) is 1. The minimum absolute atomic E-state index is 0.0756. The second-order valence-electron chi connectivity index (χ2n) is 10.3. The highest BCUT2D eigenvalue weighted by molar-refractivity contribution is 9.10. The van der Waals surface area contributed by atoms with Crippen LogP contribution in [0.1, 0.15) is 47.5 Å². The number of carbonyl (C=O) groups excluding carboxylic acids is 2. The van der Waals surface area contributed by atoms with Crippen LogP contribution in [0.5, 0.6) is 0 Å². The van der Waals surface area contributed by atoms with Gasteiger partial charge in [-0.2, -0.15) is 0 Å². The van der Waals surface area contributed by atoms with Crippen LogP contribution in [0.2, 0.25) is 0 Å². The number of anilines is 1. The van der Waals surface area contributed by atoms with Gasteiger partial charge in [0.05, 0.1) is 5.41 Å². The molecule has 164 valence electrons. The van der Waals surface area contributed by atoms with E-state index in [-0.39, 0.29) is 34.9 Å². The molecule has 2 aliphatic carbocycles. The van der Waals surface area contributed by atoms with Crippen molar-refractivity contribution >= 4 is 33.7 Å². The molecule has 3 fully saturated rings. The maximum atomic E-state index is 12.8. The molecule has 2 heterocycles. The van der Waals surface area contributed by atoms with Gasteiger partial charge in [0, 0.05) is 42.4 Å². The van der Waals surface area contributed by atoms with Gasteiger partial charge in [-0.1, -0.05) is 15.9 Å². The summed E-state index contributed by atoms with van der Waals surface area (Å²) < 4.78 is 6.49. The molecule has 1 aliphatic heterocycles. The predicted molar refractivity (Wildman–Crippen MR) is 118 cm³/mol. The number of pyridine rings is 1. The maximum Gasteiger partial charge on any atom is 0.410 e. The van der Waals surface area contributed by atoms with Crippen LogP contribution >= 0.6 is 15.9 Å². The molecule has 2 amide bonds. The summed E-state index contributed by atoms with van der Waals surface area (Å²) in [5.41, 5.74) is -0.632. The molecular weight excluding hydrogens is 448 g/mol. The number of aromatic nitrogens is 1. The van der Waals surface area contributed by atoms with Crippen molar-refractivity contribution in [2.24, 2.45) is 10.8 Å². The van der Waals surface area contributed by atoms with Gasteiger partial charge in [-0.3, -0.25) is 9.69 Å². The van der Waals surface area contributed by atoms with Crippen LogP contribution in [-0.2, 0) is 9.53 Å². The summed E-state index contributed by atoms with van der Waals surface area (Å²) >= 11 is 3.41. The van der Waals surface area contributed by atoms with Crippen LogP contribution in [-0.4, -0.2) is 64.1 Å². The van der Waals surface area contributed by atoms with E-state index in [1.54, 1.807) is 6.20 Å². The van der Waals surface area contributed by atoms with Gasteiger partial charge in [0.1, 0.15) is 11.4 Å². The van der Waals surface area contributed by atoms with Crippen molar-refractivity contribution in [2.75, 3.05) is 25.0 Å². The van der Waals surface area contributed by atoms with E-state index in [1.807, 2.05) is 37.8 Å². The van der Waals surface area contributed by atoms with Crippen molar-refractivity contribution in [1.82, 2.24) is 14.8 Å². The topological polar surface area (TPSA) is 74.8 Å². The number of rotatable bonds is 4. The first-order chi connectivity index (χ1) is 13.9. The molecule has 1 saturated heterocycles. The fourth-order valence-corrected chi connectivity index (χ4v) is 5.39. The SMILES string of the molecule is CC1CN(CC23CC2(C(=O)Nc2cc(Br)ccn2)C3)CC(C)N1C(=O)OC(C)(C)C. The Bertz CT molecular complexity index is 850. The normalized spacial score (nSPS) is 32.9. The van der Waals surface area contributed by atoms with Gasteiger partial charge >= 0.3 is 6.09 Å². The fraction of sp³-hybridized carbons (Fsp3) is 0.682. The van der Waals surface area contributed by atoms with Crippen LogP contribution in [0.15, 0.2) is 22.8 Å². The lowest BCUT2D eigenvalue weighted by atomic mass is 10.1. The molecule has 30 heavy (non-hydrogen) atoms. The Hall–Kier alpha value is -1.67. The molecule has 2 atom stereocenters. The van der Waals surface area contributed by atoms with Crippen molar-refractivity contribution in [2.45, 2.75) is 65.1 Å². The monoisotopic (exact) mass is 478 g/mol. The van der Waals surface area contributed by atoms with E-state index in [9.17, 15) is 9.59 Å². The largest absolute Gasteiger partial charge is 0.444 e. The van der Waals surface area contributed by atoms with Gasteiger partial charge in [0.2, 0.25) is 5.91 Å². The summed E-state index contributed by atoms with van der Waals surface area (Å²) in [6.07, 6.45) is 3.31. The van der Waals surface area contributed by atoms with E-state index in [0.717, 1.165) is 36.9 Å². The Balaban J connectivity index is 1.33. The first kappa shape index (κ1) is 21.6. The molecular formula is C22H31BrN4O3. The third-order valence-corrected chi connectivity index (χ3v) is 7.06. The summed E-state index contributed by atoms with van der Waals surface area (Å²) in [4.78, 5) is 34.0. The molecule has 8 heteroatoms. The van der Waals surface area contributed by atoms with Crippen LogP contribution in [0.25, 0.3) is 0 Å². The average molecular weight is 479 g/mol. The third-order valence-electron chi connectivity index (χ3n) is 6.57. The molecule has 1 aromatic heterocycles. The molecule has 0 bridgehead atoms. The zero-order valence-electron chi connectivity index (χ0n) is 18.4. The minimum atomic E-state index is -0.495. The zero-order chi connectivity index (χ0) is 21.9. The second-order valence-corrected chi connectivity index (χ2v) is 11.2. The summed E-state index contributed by atoms with van der Waals surface area (Å²) in [5.74, 6) is 0.672. The van der Waals surface area contributed by atoms with Crippen molar-refractivity contribution in [3.05, 3.63) is 22.8 Å². The van der Waals surface area contributed by atoms with E-state index < -0.39 is 5.60 Å². The van der Waals surface area contributed by atoms with Crippen molar-refractivity contribution in [1.29, 1.82) is 0 Å². The summed E-state index contributed by atoms with van der Waals surface area (Å²) in [6.45, 7) is 12.3. The highest BCUT2D eigenvalue weighted by Crippen LogP contribution is 2.86. The number of ether oxygens (including phenoxy) is 1. The summed E-state index contributed by atoms with van der Waals surface area (Å²) in [6, 6.07) is 3.81. The number of halogens is 1. The highest BCUT2D eigenvalue weighted by Gasteiger charge is 2.86. The van der Waals surface area contributed by atoms with E-state index in [4.69, 9.17) is 4.74 Å². The third kappa shape index (κ3) is 3.96. The van der Waals surface area contributed by atoms with Gasteiger partial charge in [-0.25, -0.2) is 9.78 Å². The molecule has 2 unspecified atom stereocenters. The number of hydrogen-bond donors (Lipinski definition) is 1. The molecule has 3 aliphatic rings. The standard InChI is InChI=1S/C22H31BrN4O3/c1-14-9-26(10-15(2)27(14)19(29)30-20(3,4)5)13-21-11-22(21,12-21)18(28)25-17-8-16(23)6-7-24-17/h6-8,14-15H,9-13H2,1-5H3,(H,24,25,28). The minimum Gasteiger partial charge on any atom is -0.444 e. The van der Waals surface area contributed by atoms with Crippen molar-refractivity contribution in [3.63, 3.8) is 0 Å². The van der Waals surface area contributed by atoms with Gasteiger partial charge in [0.25, 0.3) is 0 Å². The molecule has 2 saturated carbocycles. The van der Waals surface area contributed by atoms with E-state index in [2.05, 4.69) is 45.0 Å². The first-order valence-electron chi connectivity index (χ1n) is 10.6. The number of hydrogen-bond acceptors (Lipinski definition) is 5. The lowest BCUT2D eigenvalue weighted by molar-refractivity contribution is -0.119. The molecule has 0 radical (unpaired) electrons.